The summed E-state index contributed by atoms with van der Waals surface area (Å²) in [7, 11) is -2.14. The minimum atomic E-state index is -3.75. The summed E-state index contributed by atoms with van der Waals surface area (Å²) in [5.74, 6) is 0.406. The van der Waals surface area contributed by atoms with E-state index in [1.807, 2.05) is 31.2 Å². The summed E-state index contributed by atoms with van der Waals surface area (Å²) >= 11 is 1.06. The maximum absolute atomic E-state index is 12.4. The number of carbonyl (C=O) groups excluding carboxylic acids is 1. The van der Waals surface area contributed by atoms with Crippen LogP contribution in [0.4, 0.5) is 5.13 Å². The minimum absolute atomic E-state index is 0.141. The third kappa shape index (κ3) is 5.55. The van der Waals surface area contributed by atoms with Gasteiger partial charge in [-0.1, -0.05) is 29.8 Å². The van der Waals surface area contributed by atoms with E-state index in [4.69, 9.17) is 4.74 Å². The first-order valence-corrected chi connectivity index (χ1v) is 11.2. The van der Waals surface area contributed by atoms with Crippen molar-refractivity contribution in [3.8, 4) is 5.75 Å². The van der Waals surface area contributed by atoms with Crippen LogP contribution in [0.25, 0.3) is 0 Å². The molecule has 3 rings (SSSR count). The van der Waals surface area contributed by atoms with Crippen LogP contribution in [0.3, 0.4) is 0 Å². The number of methoxy groups -OCH3 is 1. The second kappa shape index (κ2) is 9.06. The molecule has 1 aromatic heterocycles. The summed E-state index contributed by atoms with van der Waals surface area (Å²) in [4.78, 5) is 16.5. The van der Waals surface area contributed by atoms with Gasteiger partial charge in [0.1, 0.15) is 11.4 Å². The fourth-order valence-electron chi connectivity index (χ4n) is 2.56. The van der Waals surface area contributed by atoms with E-state index >= 15 is 0 Å². The maximum Gasteiger partial charge on any atom is 0.270 e. The van der Waals surface area contributed by atoms with Crippen molar-refractivity contribution >= 4 is 32.4 Å². The first-order chi connectivity index (χ1) is 13.9. The van der Waals surface area contributed by atoms with Crippen LogP contribution in [0, 0.1) is 6.92 Å². The molecule has 0 spiro atoms. The molecule has 2 N–H and O–H groups in total. The zero-order valence-corrected chi connectivity index (χ0v) is 17.6. The molecule has 0 saturated heterocycles. The Morgan fingerprint density at radius 3 is 2.66 bits per heavy atom. The van der Waals surface area contributed by atoms with Gasteiger partial charge in [-0.15, -0.1) is 11.3 Å². The first-order valence-electron chi connectivity index (χ1n) is 8.83. The maximum atomic E-state index is 12.4. The summed E-state index contributed by atoms with van der Waals surface area (Å²) in [6, 6.07) is 14.1. The summed E-state index contributed by atoms with van der Waals surface area (Å²) in [5, 5.41) is 4.45. The molecule has 7 nitrogen and oxygen atoms in total. The third-order valence-corrected chi connectivity index (χ3v) is 6.36. The standard InChI is InChI=1S/C20H21N3O4S2/c1-14-6-8-17(9-7-14)29(25,26)23-20-22-18(13-28-20)19(24)21-11-10-15-4-3-5-16(12-15)27-2/h3-9,12-13H,10-11H2,1-2H3,(H,21,24)(H,22,23). The number of carbonyl (C=O) groups is 1. The smallest absolute Gasteiger partial charge is 0.270 e. The molecule has 1 heterocycles. The van der Waals surface area contributed by atoms with Gasteiger partial charge in [0.25, 0.3) is 15.9 Å². The Morgan fingerprint density at radius 2 is 1.93 bits per heavy atom. The second-order valence-electron chi connectivity index (χ2n) is 6.31. The van der Waals surface area contributed by atoms with Crippen molar-refractivity contribution in [1.82, 2.24) is 10.3 Å². The van der Waals surface area contributed by atoms with E-state index in [1.165, 1.54) is 17.5 Å². The van der Waals surface area contributed by atoms with Gasteiger partial charge in [-0.2, -0.15) is 0 Å². The lowest BCUT2D eigenvalue weighted by atomic mass is 10.1. The number of rotatable bonds is 8. The number of ether oxygens (including phenoxy) is 1. The van der Waals surface area contributed by atoms with Crippen molar-refractivity contribution in [1.29, 1.82) is 0 Å². The Morgan fingerprint density at radius 1 is 1.17 bits per heavy atom. The van der Waals surface area contributed by atoms with Crippen LogP contribution in [-0.4, -0.2) is 33.0 Å². The molecule has 0 aliphatic carbocycles. The van der Waals surface area contributed by atoms with Crippen molar-refractivity contribution in [2.24, 2.45) is 0 Å². The average molecular weight is 432 g/mol. The third-order valence-electron chi connectivity index (χ3n) is 4.12. The summed E-state index contributed by atoms with van der Waals surface area (Å²) in [6.45, 7) is 2.30. The van der Waals surface area contributed by atoms with E-state index in [0.29, 0.717) is 13.0 Å². The van der Waals surface area contributed by atoms with E-state index in [1.54, 1.807) is 19.2 Å². The molecule has 1 amide bonds. The predicted octanol–water partition coefficient (Wildman–Crippen LogP) is 3.23. The molecule has 0 atom stereocenters. The molecule has 0 aliphatic heterocycles. The topological polar surface area (TPSA) is 97.4 Å². The van der Waals surface area contributed by atoms with Crippen LogP contribution in [0.1, 0.15) is 21.6 Å². The molecule has 0 fully saturated rings. The highest BCUT2D eigenvalue weighted by atomic mass is 32.2. The predicted molar refractivity (Wildman–Crippen MR) is 113 cm³/mol. The van der Waals surface area contributed by atoms with E-state index < -0.39 is 10.0 Å². The molecular formula is C20H21N3O4S2. The van der Waals surface area contributed by atoms with Crippen LogP contribution in [0.5, 0.6) is 5.75 Å². The lowest BCUT2D eigenvalue weighted by Gasteiger charge is -2.06. The number of hydrogen-bond donors (Lipinski definition) is 2. The first kappa shape index (κ1) is 20.8. The summed E-state index contributed by atoms with van der Waals surface area (Å²) < 4.78 is 32.4. The number of anilines is 1. The highest BCUT2D eigenvalue weighted by Crippen LogP contribution is 2.20. The Balaban J connectivity index is 1.57. The Hall–Kier alpha value is -2.91. The number of amides is 1. The van der Waals surface area contributed by atoms with E-state index in [2.05, 4.69) is 15.0 Å². The highest BCUT2D eigenvalue weighted by Gasteiger charge is 2.17. The van der Waals surface area contributed by atoms with Gasteiger partial charge in [-0.3, -0.25) is 9.52 Å². The second-order valence-corrected chi connectivity index (χ2v) is 8.85. The van der Waals surface area contributed by atoms with Gasteiger partial charge in [0.2, 0.25) is 0 Å². The highest BCUT2D eigenvalue weighted by molar-refractivity contribution is 7.93. The van der Waals surface area contributed by atoms with E-state index in [0.717, 1.165) is 28.2 Å². The number of hydrogen-bond acceptors (Lipinski definition) is 6. The van der Waals surface area contributed by atoms with Crippen molar-refractivity contribution in [3.63, 3.8) is 0 Å². The molecule has 2 aromatic carbocycles. The molecular weight excluding hydrogens is 410 g/mol. The van der Waals surface area contributed by atoms with Crippen LogP contribution in [0.2, 0.25) is 0 Å². The van der Waals surface area contributed by atoms with Crippen molar-refractivity contribution < 1.29 is 17.9 Å². The largest absolute Gasteiger partial charge is 0.497 e. The van der Waals surface area contributed by atoms with Crippen LogP contribution < -0.4 is 14.8 Å². The molecule has 152 valence electrons. The lowest BCUT2D eigenvalue weighted by molar-refractivity contribution is 0.0950. The van der Waals surface area contributed by atoms with Gasteiger partial charge in [0, 0.05) is 11.9 Å². The molecule has 0 bridgehead atoms. The molecule has 9 heteroatoms. The number of nitrogens with zero attached hydrogens (tertiary/aromatic N) is 1. The molecule has 0 saturated carbocycles. The van der Waals surface area contributed by atoms with Crippen LogP contribution in [0.15, 0.2) is 58.8 Å². The number of benzene rings is 2. The van der Waals surface area contributed by atoms with Crippen molar-refractivity contribution in [2.45, 2.75) is 18.2 Å². The number of sulfonamides is 1. The fourth-order valence-corrected chi connectivity index (χ4v) is 4.50. The number of thiazole rings is 1. The molecule has 3 aromatic rings. The Bertz CT molecular complexity index is 1090. The zero-order valence-electron chi connectivity index (χ0n) is 16.0. The molecule has 0 unspecified atom stereocenters. The summed E-state index contributed by atoms with van der Waals surface area (Å²) in [6.07, 6.45) is 0.639. The van der Waals surface area contributed by atoms with Gasteiger partial charge in [-0.25, -0.2) is 13.4 Å². The molecule has 0 radical (unpaired) electrons. The zero-order chi connectivity index (χ0) is 20.9. The van der Waals surface area contributed by atoms with Crippen molar-refractivity contribution in [3.05, 3.63) is 70.7 Å². The van der Waals surface area contributed by atoms with Gasteiger partial charge in [-0.05, 0) is 43.2 Å². The number of aromatic nitrogens is 1. The van der Waals surface area contributed by atoms with Crippen LogP contribution in [-0.2, 0) is 16.4 Å². The quantitative estimate of drug-likeness (QED) is 0.571. The Labute approximate surface area is 173 Å². The molecule has 0 aliphatic rings. The van der Waals surface area contributed by atoms with Crippen molar-refractivity contribution in [2.75, 3.05) is 18.4 Å². The average Bonchev–Trinajstić information content (AvgIpc) is 3.16. The SMILES string of the molecule is COc1cccc(CCNC(=O)c2csc(NS(=O)(=O)c3ccc(C)cc3)n2)c1. The summed E-state index contributed by atoms with van der Waals surface area (Å²) in [5.41, 5.74) is 2.17. The minimum Gasteiger partial charge on any atom is -0.497 e. The van der Waals surface area contributed by atoms with E-state index in [9.17, 15) is 13.2 Å². The van der Waals surface area contributed by atoms with Gasteiger partial charge in [0.05, 0.1) is 12.0 Å². The van der Waals surface area contributed by atoms with Gasteiger partial charge in [0.15, 0.2) is 5.13 Å². The number of nitrogens with one attached hydrogen (secondary N) is 2. The lowest BCUT2D eigenvalue weighted by Crippen LogP contribution is -2.26. The number of aryl methyl sites for hydroxylation is 1. The van der Waals surface area contributed by atoms with Crippen LogP contribution >= 0.6 is 11.3 Å². The fraction of sp³-hybridized carbons (Fsp3) is 0.200. The van der Waals surface area contributed by atoms with E-state index in [-0.39, 0.29) is 21.6 Å². The normalized spacial score (nSPS) is 11.1. The Kier molecular flexibility index (Phi) is 6.50. The molecule has 29 heavy (non-hydrogen) atoms. The van der Waals surface area contributed by atoms with Gasteiger partial charge >= 0.3 is 0 Å². The van der Waals surface area contributed by atoms with Gasteiger partial charge < -0.3 is 10.1 Å². The monoisotopic (exact) mass is 431 g/mol.